The molecule has 114 valence electrons. The van der Waals surface area contributed by atoms with E-state index in [-0.39, 0.29) is 19.3 Å². The maximum absolute atomic E-state index is 12.1. The maximum Gasteiger partial charge on any atom is 0.326 e. The number of aryl methyl sites for hydroxylation is 1. The first-order valence-electron chi connectivity index (χ1n) is 6.33. The second-order valence-corrected chi connectivity index (χ2v) is 5.53. The number of rotatable bonds is 7. The molecule has 6 nitrogen and oxygen atoms in total. The van der Waals surface area contributed by atoms with Crippen molar-refractivity contribution in [3.8, 4) is 0 Å². The summed E-state index contributed by atoms with van der Waals surface area (Å²) in [5, 5.41) is 20.1. The van der Waals surface area contributed by atoms with Crippen molar-refractivity contribution in [3.63, 3.8) is 0 Å². The van der Waals surface area contributed by atoms with E-state index in [0.29, 0.717) is 5.56 Å². The molecule has 0 spiro atoms. The van der Waals surface area contributed by atoms with E-state index >= 15 is 0 Å². The number of carboxylic acids is 2. The SMILES string of the molecule is Cc1ccc(Br)cc1C(=O)N[C@H](CCCC(=O)O)C(=O)O. The van der Waals surface area contributed by atoms with Crippen LogP contribution < -0.4 is 5.32 Å². The van der Waals surface area contributed by atoms with Crippen molar-refractivity contribution >= 4 is 33.8 Å². The second kappa shape index (κ2) is 7.78. The molecule has 0 saturated heterocycles. The average molecular weight is 358 g/mol. The van der Waals surface area contributed by atoms with Gasteiger partial charge in [-0.3, -0.25) is 9.59 Å². The summed E-state index contributed by atoms with van der Waals surface area (Å²) in [5.74, 6) is -2.66. The van der Waals surface area contributed by atoms with Crippen molar-refractivity contribution in [3.05, 3.63) is 33.8 Å². The van der Waals surface area contributed by atoms with E-state index in [2.05, 4.69) is 21.2 Å². The lowest BCUT2D eigenvalue weighted by atomic mass is 10.1. The van der Waals surface area contributed by atoms with Crippen LogP contribution in [0.5, 0.6) is 0 Å². The Labute approximate surface area is 130 Å². The van der Waals surface area contributed by atoms with Crippen LogP contribution in [0.25, 0.3) is 0 Å². The Hall–Kier alpha value is -1.89. The van der Waals surface area contributed by atoms with Crippen molar-refractivity contribution in [2.45, 2.75) is 32.2 Å². The quantitative estimate of drug-likeness (QED) is 0.693. The summed E-state index contributed by atoms with van der Waals surface area (Å²) < 4.78 is 0.719. The molecule has 0 unspecified atom stereocenters. The lowest BCUT2D eigenvalue weighted by molar-refractivity contribution is -0.140. The van der Waals surface area contributed by atoms with Crippen LogP contribution in [0, 0.1) is 6.92 Å². The number of carbonyl (C=O) groups is 3. The van der Waals surface area contributed by atoms with Gasteiger partial charge in [0.2, 0.25) is 0 Å². The summed E-state index contributed by atoms with van der Waals surface area (Å²) >= 11 is 3.26. The summed E-state index contributed by atoms with van der Waals surface area (Å²) in [7, 11) is 0. The molecule has 3 N–H and O–H groups in total. The fourth-order valence-electron chi connectivity index (χ4n) is 1.79. The Morgan fingerprint density at radius 1 is 1.29 bits per heavy atom. The van der Waals surface area contributed by atoms with Crippen LogP contribution in [0.2, 0.25) is 0 Å². The Bertz CT molecular complexity index is 558. The van der Waals surface area contributed by atoms with Gasteiger partial charge in [-0.05, 0) is 37.5 Å². The Morgan fingerprint density at radius 3 is 2.52 bits per heavy atom. The molecule has 0 aromatic heterocycles. The molecule has 0 fully saturated rings. The molecule has 1 atom stereocenters. The van der Waals surface area contributed by atoms with E-state index in [1.54, 1.807) is 25.1 Å². The highest BCUT2D eigenvalue weighted by Crippen LogP contribution is 2.16. The van der Waals surface area contributed by atoms with Crippen molar-refractivity contribution in [2.75, 3.05) is 0 Å². The Morgan fingerprint density at radius 2 is 1.95 bits per heavy atom. The molecule has 0 aliphatic carbocycles. The lowest BCUT2D eigenvalue weighted by Crippen LogP contribution is -2.41. The summed E-state index contributed by atoms with van der Waals surface area (Å²) in [6, 6.07) is 4.04. The lowest BCUT2D eigenvalue weighted by Gasteiger charge is -2.15. The standard InChI is InChI=1S/C14H16BrNO5/c1-8-5-6-9(15)7-10(8)13(19)16-11(14(20)21)3-2-4-12(17)18/h5-7,11H,2-4H2,1H3,(H,16,19)(H,17,18)(H,20,21)/t11-/m1/s1. The molecule has 0 radical (unpaired) electrons. The first kappa shape index (κ1) is 17.2. The molecule has 1 rings (SSSR count). The number of aliphatic carboxylic acids is 2. The van der Waals surface area contributed by atoms with Crippen LogP contribution in [0.4, 0.5) is 0 Å². The number of carboxylic acid groups (broad SMARTS) is 2. The van der Waals surface area contributed by atoms with Crippen LogP contribution in [-0.2, 0) is 9.59 Å². The predicted octanol–water partition coefficient (Wildman–Crippen LogP) is 2.20. The molecule has 0 aliphatic rings. The van der Waals surface area contributed by atoms with Gasteiger partial charge in [-0.25, -0.2) is 4.79 Å². The molecule has 0 saturated carbocycles. The Balaban J connectivity index is 2.74. The highest BCUT2D eigenvalue weighted by Gasteiger charge is 2.21. The minimum atomic E-state index is -1.18. The molecule has 0 heterocycles. The van der Waals surface area contributed by atoms with E-state index in [1.807, 2.05) is 0 Å². The summed E-state index contributed by atoms with van der Waals surface area (Å²) in [6.07, 6.45) is 0.125. The number of hydrogen-bond acceptors (Lipinski definition) is 3. The topological polar surface area (TPSA) is 104 Å². The molecule has 1 amide bonds. The van der Waals surface area contributed by atoms with E-state index in [1.165, 1.54) is 0 Å². The van der Waals surface area contributed by atoms with Crippen molar-refractivity contribution < 1.29 is 24.6 Å². The highest BCUT2D eigenvalue weighted by atomic mass is 79.9. The number of hydrogen-bond donors (Lipinski definition) is 3. The van der Waals surface area contributed by atoms with Gasteiger partial charge in [-0.2, -0.15) is 0 Å². The monoisotopic (exact) mass is 357 g/mol. The number of halogens is 1. The van der Waals surface area contributed by atoms with Gasteiger partial charge in [0.15, 0.2) is 0 Å². The second-order valence-electron chi connectivity index (χ2n) is 4.61. The molecular weight excluding hydrogens is 342 g/mol. The fraction of sp³-hybridized carbons (Fsp3) is 0.357. The normalized spacial score (nSPS) is 11.7. The van der Waals surface area contributed by atoms with E-state index in [9.17, 15) is 14.4 Å². The highest BCUT2D eigenvalue weighted by molar-refractivity contribution is 9.10. The van der Waals surface area contributed by atoms with E-state index < -0.39 is 23.9 Å². The van der Waals surface area contributed by atoms with Crippen molar-refractivity contribution in [2.24, 2.45) is 0 Å². The predicted molar refractivity (Wildman–Crippen MR) is 79.3 cm³/mol. The fourth-order valence-corrected chi connectivity index (χ4v) is 2.15. The van der Waals surface area contributed by atoms with Gasteiger partial charge in [-0.15, -0.1) is 0 Å². The smallest absolute Gasteiger partial charge is 0.326 e. The first-order valence-corrected chi connectivity index (χ1v) is 7.12. The zero-order valence-electron chi connectivity index (χ0n) is 11.4. The average Bonchev–Trinajstić information content (AvgIpc) is 2.39. The molecule has 7 heteroatoms. The number of amides is 1. The van der Waals surface area contributed by atoms with Crippen LogP contribution in [0.15, 0.2) is 22.7 Å². The zero-order valence-corrected chi connectivity index (χ0v) is 13.0. The molecular formula is C14H16BrNO5. The third-order valence-electron chi connectivity index (χ3n) is 2.93. The van der Waals surface area contributed by atoms with Crippen molar-refractivity contribution in [1.29, 1.82) is 0 Å². The van der Waals surface area contributed by atoms with Crippen LogP contribution in [0.1, 0.15) is 35.2 Å². The van der Waals surface area contributed by atoms with Crippen LogP contribution in [-0.4, -0.2) is 34.1 Å². The van der Waals surface area contributed by atoms with Gasteiger partial charge in [0.1, 0.15) is 6.04 Å². The van der Waals surface area contributed by atoms with Gasteiger partial charge in [0.05, 0.1) is 0 Å². The van der Waals surface area contributed by atoms with E-state index in [0.717, 1.165) is 10.0 Å². The van der Waals surface area contributed by atoms with Gasteiger partial charge in [0.25, 0.3) is 5.91 Å². The van der Waals surface area contributed by atoms with Gasteiger partial charge in [-0.1, -0.05) is 22.0 Å². The number of benzene rings is 1. The van der Waals surface area contributed by atoms with Gasteiger partial charge >= 0.3 is 11.9 Å². The largest absolute Gasteiger partial charge is 0.481 e. The minimum absolute atomic E-state index is 0.0699. The van der Waals surface area contributed by atoms with Gasteiger partial charge in [0, 0.05) is 16.5 Å². The molecule has 1 aromatic rings. The molecule has 1 aromatic carbocycles. The van der Waals surface area contributed by atoms with E-state index in [4.69, 9.17) is 10.2 Å². The minimum Gasteiger partial charge on any atom is -0.481 e. The maximum atomic E-state index is 12.1. The first-order chi connectivity index (χ1) is 9.81. The molecule has 21 heavy (non-hydrogen) atoms. The van der Waals surface area contributed by atoms with Crippen LogP contribution in [0.3, 0.4) is 0 Å². The number of carbonyl (C=O) groups excluding carboxylic acids is 1. The molecule has 0 bridgehead atoms. The van der Waals surface area contributed by atoms with Gasteiger partial charge < -0.3 is 15.5 Å². The van der Waals surface area contributed by atoms with Crippen LogP contribution >= 0.6 is 15.9 Å². The summed E-state index contributed by atoms with van der Waals surface area (Å²) in [6.45, 7) is 1.75. The Kier molecular flexibility index (Phi) is 6.36. The number of nitrogens with one attached hydrogen (secondary N) is 1. The summed E-state index contributed by atoms with van der Waals surface area (Å²) in [5.41, 5.74) is 1.11. The third-order valence-corrected chi connectivity index (χ3v) is 3.42. The zero-order chi connectivity index (χ0) is 16.0. The third kappa shape index (κ3) is 5.55. The molecule has 0 aliphatic heterocycles. The summed E-state index contributed by atoms with van der Waals surface area (Å²) in [4.78, 5) is 33.7. The van der Waals surface area contributed by atoms with Crippen molar-refractivity contribution in [1.82, 2.24) is 5.32 Å².